The zero-order chi connectivity index (χ0) is 37.0. The molecule has 11 rings (SSSR count). The van der Waals surface area contributed by atoms with Crippen LogP contribution < -0.4 is 4.90 Å². The van der Waals surface area contributed by atoms with Gasteiger partial charge in [0.1, 0.15) is 5.58 Å². The lowest BCUT2D eigenvalue weighted by Crippen LogP contribution is -2.11. The average Bonchev–Trinajstić information content (AvgIpc) is 3.66. The van der Waals surface area contributed by atoms with Gasteiger partial charge in [0.25, 0.3) is 0 Å². The minimum atomic E-state index is 0.866. The van der Waals surface area contributed by atoms with Crippen LogP contribution in [0.1, 0.15) is 0 Å². The lowest BCUT2D eigenvalue weighted by atomic mass is 9.84. The molecule has 0 amide bonds. The third-order valence-electron chi connectivity index (χ3n) is 11.2. The summed E-state index contributed by atoms with van der Waals surface area (Å²) >= 11 is 0. The molecule has 0 aliphatic rings. The molecule has 0 bridgehead atoms. The van der Waals surface area contributed by atoms with E-state index < -0.39 is 0 Å². The van der Waals surface area contributed by atoms with Gasteiger partial charge in [-0.3, -0.25) is 0 Å². The third-order valence-corrected chi connectivity index (χ3v) is 11.2. The second-order valence-corrected chi connectivity index (χ2v) is 14.4. The van der Waals surface area contributed by atoms with Gasteiger partial charge in [0, 0.05) is 21.8 Å². The van der Waals surface area contributed by atoms with Gasteiger partial charge in [-0.1, -0.05) is 176 Å². The molecule has 0 aliphatic heterocycles. The highest BCUT2D eigenvalue weighted by Gasteiger charge is 2.22. The first-order chi connectivity index (χ1) is 27.8. The predicted molar refractivity (Wildman–Crippen MR) is 237 cm³/mol. The number of anilines is 3. The molecule has 0 N–H and O–H groups in total. The van der Waals surface area contributed by atoms with Crippen LogP contribution in [0.2, 0.25) is 0 Å². The van der Waals surface area contributed by atoms with Crippen LogP contribution in [0.25, 0.3) is 87.6 Å². The van der Waals surface area contributed by atoms with Crippen LogP contribution in [0.15, 0.2) is 217 Å². The fraction of sp³-hybridized carbons (Fsp3) is 0. The first kappa shape index (κ1) is 32.0. The maximum Gasteiger partial charge on any atom is 0.159 e. The molecule has 0 saturated heterocycles. The Morgan fingerprint density at radius 2 is 0.839 bits per heavy atom. The molecule has 0 saturated carbocycles. The summed E-state index contributed by atoms with van der Waals surface area (Å²) in [6, 6.07) is 76.5. The van der Waals surface area contributed by atoms with Crippen LogP contribution in [0.4, 0.5) is 17.1 Å². The maximum absolute atomic E-state index is 6.68. The molecule has 0 atom stereocenters. The van der Waals surface area contributed by atoms with Gasteiger partial charge in [0.2, 0.25) is 0 Å². The normalized spacial score (nSPS) is 11.6. The summed E-state index contributed by atoms with van der Waals surface area (Å²) in [6.45, 7) is 0. The Kier molecular flexibility index (Phi) is 7.53. The summed E-state index contributed by atoms with van der Waals surface area (Å²) in [4.78, 5) is 2.37. The van der Waals surface area contributed by atoms with Crippen LogP contribution in [-0.2, 0) is 0 Å². The Hall–Kier alpha value is -7.42. The molecule has 0 aliphatic carbocycles. The van der Waals surface area contributed by atoms with Crippen molar-refractivity contribution in [2.45, 2.75) is 0 Å². The average molecular weight is 714 g/mol. The molecule has 2 heteroatoms. The van der Waals surface area contributed by atoms with Gasteiger partial charge in [-0.05, 0) is 96.7 Å². The van der Waals surface area contributed by atoms with Gasteiger partial charge in [-0.2, -0.15) is 0 Å². The zero-order valence-corrected chi connectivity index (χ0v) is 30.6. The first-order valence-electron chi connectivity index (χ1n) is 19.2. The van der Waals surface area contributed by atoms with Crippen molar-refractivity contribution in [2.24, 2.45) is 0 Å². The predicted octanol–water partition coefficient (Wildman–Crippen LogP) is 15.5. The van der Waals surface area contributed by atoms with Gasteiger partial charge in [0.05, 0.1) is 11.4 Å². The van der Waals surface area contributed by atoms with E-state index in [2.05, 4.69) is 211 Å². The van der Waals surface area contributed by atoms with Gasteiger partial charge < -0.3 is 9.32 Å². The van der Waals surface area contributed by atoms with Crippen molar-refractivity contribution in [2.75, 3.05) is 4.90 Å². The molecular formula is C54H35NO. The summed E-state index contributed by atoms with van der Waals surface area (Å²) < 4.78 is 6.68. The third kappa shape index (κ3) is 5.19. The summed E-state index contributed by atoms with van der Waals surface area (Å²) in [5.74, 6) is 0. The minimum Gasteiger partial charge on any atom is -0.454 e. The lowest BCUT2D eigenvalue weighted by molar-refractivity contribution is 0.669. The Bertz CT molecular complexity index is 3250. The smallest absolute Gasteiger partial charge is 0.159 e. The molecule has 0 spiro atoms. The second kappa shape index (κ2) is 13.2. The minimum absolute atomic E-state index is 0.866. The summed E-state index contributed by atoms with van der Waals surface area (Å²) in [7, 11) is 0. The van der Waals surface area contributed by atoms with Gasteiger partial charge in [-0.15, -0.1) is 0 Å². The molecule has 0 radical (unpaired) electrons. The number of fused-ring (bicyclic) bond motifs is 7. The maximum atomic E-state index is 6.68. The standard InChI is InChI=1S/C54H35NO/c1-3-17-37(18-4-1)52-46-27-10-9-25-43(46)44-33-32-40(35-48(44)53(52)38-19-5-2-6-20-38)39-22-13-23-41(34-39)55(49-29-14-21-36-16-7-8-24-42(36)49)50-30-15-28-47-45-26-11-12-31-51(45)56-54(47)50/h1-35H. The van der Waals surface area contributed by atoms with E-state index in [1.54, 1.807) is 0 Å². The number of benzene rings is 10. The van der Waals surface area contributed by atoms with Crippen LogP contribution in [0.5, 0.6) is 0 Å². The molecular weight excluding hydrogens is 679 g/mol. The molecule has 1 aromatic heterocycles. The van der Waals surface area contributed by atoms with Crippen LogP contribution in [0, 0.1) is 0 Å². The largest absolute Gasteiger partial charge is 0.454 e. The monoisotopic (exact) mass is 713 g/mol. The van der Waals surface area contributed by atoms with E-state index in [9.17, 15) is 0 Å². The fourth-order valence-corrected chi connectivity index (χ4v) is 8.72. The van der Waals surface area contributed by atoms with Crippen LogP contribution in [0.3, 0.4) is 0 Å². The molecule has 11 aromatic rings. The van der Waals surface area contributed by atoms with E-state index >= 15 is 0 Å². The molecule has 2 nitrogen and oxygen atoms in total. The highest BCUT2D eigenvalue weighted by atomic mass is 16.3. The van der Waals surface area contributed by atoms with E-state index in [1.165, 1.54) is 54.6 Å². The first-order valence-corrected chi connectivity index (χ1v) is 19.2. The molecule has 0 unspecified atom stereocenters. The Morgan fingerprint density at radius 1 is 0.304 bits per heavy atom. The van der Waals surface area contributed by atoms with Crippen LogP contribution in [-0.4, -0.2) is 0 Å². The SMILES string of the molecule is c1ccc(-c2c(-c3ccccc3)c3cc(-c4cccc(N(c5cccc6ccccc56)c5cccc6c5oc5ccccc56)c4)ccc3c3ccccc23)cc1. The van der Waals surface area contributed by atoms with Crippen molar-refractivity contribution in [1.82, 2.24) is 0 Å². The number of rotatable bonds is 6. The van der Waals surface area contributed by atoms with Crippen molar-refractivity contribution in [3.05, 3.63) is 212 Å². The Labute approximate surface area is 325 Å². The van der Waals surface area contributed by atoms with Gasteiger partial charge in [0.15, 0.2) is 5.58 Å². The zero-order valence-electron chi connectivity index (χ0n) is 30.6. The van der Waals surface area contributed by atoms with Crippen molar-refractivity contribution in [1.29, 1.82) is 0 Å². The van der Waals surface area contributed by atoms with E-state index in [1.807, 2.05) is 6.07 Å². The number of hydrogen-bond acceptors (Lipinski definition) is 2. The van der Waals surface area contributed by atoms with E-state index in [0.717, 1.165) is 50.1 Å². The lowest BCUT2D eigenvalue weighted by Gasteiger charge is -2.27. The Balaban J connectivity index is 1.16. The van der Waals surface area contributed by atoms with E-state index in [-0.39, 0.29) is 0 Å². The second-order valence-electron chi connectivity index (χ2n) is 14.4. The van der Waals surface area contributed by atoms with Crippen molar-refractivity contribution in [3.63, 3.8) is 0 Å². The van der Waals surface area contributed by atoms with Gasteiger partial charge >= 0.3 is 0 Å². The Morgan fingerprint density at radius 3 is 1.64 bits per heavy atom. The molecule has 56 heavy (non-hydrogen) atoms. The van der Waals surface area contributed by atoms with E-state index in [4.69, 9.17) is 4.42 Å². The molecule has 262 valence electrons. The summed E-state index contributed by atoms with van der Waals surface area (Å²) in [6.07, 6.45) is 0. The van der Waals surface area contributed by atoms with Crippen molar-refractivity contribution < 1.29 is 4.42 Å². The van der Waals surface area contributed by atoms with E-state index in [0.29, 0.717) is 0 Å². The molecule has 0 fully saturated rings. The highest BCUT2D eigenvalue weighted by molar-refractivity contribution is 6.22. The topological polar surface area (TPSA) is 16.4 Å². The number of furan rings is 1. The van der Waals surface area contributed by atoms with Crippen molar-refractivity contribution in [3.8, 4) is 33.4 Å². The van der Waals surface area contributed by atoms with Gasteiger partial charge in [-0.25, -0.2) is 0 Å². The highest BCUT2D eigenvalue weighted by Crippen LogP contribution is 2.47. The fourth-order valence-electron chi connectivity index (χ4n) is 8.72. The molecule has 10 aromatic carbocycles. The molecule has 1 heterocycles. The summed E-state index contributed by atoms with van der Waals surface area (Å²) in [5.41, 5.74) is 12.1. The number of nitrogens with zero attached hydrogens (tertiary/aromatic N) is 1. The van der Waals surface area contributed by atoms with Crippen LogP contribution >= 0.6 is 0 Å². The number of para-hydroxylation sites is 2. The number of hydrogen-bond donors (Lipinski definition) is 0. The quantitative estimate of drug-likeness (QED) is 0.160. The van der Waals surface area contributed by atoms with Crippen molar-refractivity contribution >= 4 is 71.3 Å². The summed E-state index contributed by atoms with van der Waals surface area (Å²) in [5, 5.41) is 9.56.